The Balaban J connectivity index is 1.46. The molecule has 1 saturated heterocycles. The predicted octanol–water partition coefficient (Wildman–Crippen LogP) is 3.26. The molecular formula is C25H32N2O4. The van der Waals surface area contributed by atoms with Crippen molar-refractivity contribution in [3.8, 4) is 0 Å². The van der Waals surface area contributed by atoms with Gasteiger partial charge >= 0.3 is 0 Å². The normalized spacial score (nSPS) is 18.5. The van der Waals surface area contributed by atoms with Crippen LogP contribution in [0.3, 0.4) is 0 Å². The summed E-state index contributed by atoms with van der Waals surface area (Å²) in [6.45, 7) is 7.83. The molecule has 0 bridgehead atoms. The van der Waals surface area contributed by atoms with Crippen LogP contribution in [0.4, 0.5) is 0 Å². The van der Waals surface area contributed by atoms with Gasteiger partial charge in [-0.1, -0.05) is 60.7 Å². The molecule has 0 aromatic heterocycles. The maximum atomic E-state index is 12.9. The molecule has 0 saturated carbocycles. The second-order valence-electron chi connectivity index (χ2n) is 8.04. The lowest BCUT2D eigenvalue weighted by molar-refractivity contribution is -0.155. The Morgan fingerprint density at radius 3 is 1.81 bits per heavy atom. The molecule has 2 unspecified atom stereocenters. The minimum atomic E-state index is -0.530. The Labute approximate surface area is 184 Å². The summed E-state index contributed by atoms with van der Waals surface area (Å²) in [5.41, 5.74) is 2.07. The first-order valence-corrected chi connectivity index (χ1v) is 10.9. The number of hydrogen-bond donors (Lipinski definition) is 0. The van der Waals surface area contributed by atoms with Crippen molar-refractivity contribution in [1.29, 1.82) is 0 Å². The number of ether oxygens (including phenoxy) is 2. The molecule has 1 aliphatic rings. The lowest BCUT2D eigenvalue weighted by Crippen LogP contribution is -2.58. The summed E-state index contributed by atoms with van der Waals surface area (Å²) in [6, 6.07) is 19.5. The molecule has 31 heavy (non-hydrogen) atoms. The van der Waals surface area contributed by atoms with Crippen LogP contribution in [0.25, 0.3) is 0 Å². The van der Waals surface area contributed by atoms with E-state index in [2.05, 4.69) is 0 Å². The third-order valence-electron chi connectivity index (χ3n) is 5.60. The standard InChI is InChI=1S/C25H32N2O4/c1-19-16-26(24(28)20(2)30-17-22-10-6-4-7-11-22)14-15-27(19)25(29)21(3)31-18-23-12-8-5-9-13-23/h4-13,19-21H,14-18H2,1-3H3/t19-,20?,21?/m0/s1. The van der Waals surface area contributed by atoms with E-state index in [0.29, 0.717) is 32.8 Å². The molecule has 1 fully saturated rings. The molecule has 0 N–H and O–H groups in total. The average molecular weight is 425 g/mol. The van der Waals surface area contributed by atoms with Gasteiger partial charge in [0.1, 0.15) is 12.2 Å². The lowest BCUT2D eigenvalue weighted by atomic mass is 10.1. The number of benzene rings is 2. The lowest BCUT2D eigenvalue weighted by Gasteiger charge is -2.41. The maximum Gasteiger partial charge on any atom is 0.251 e. The van der Waals surface area contributed by atoms with Crippen molar-refractivity contribution in [1.82, 2.24) is 9.80 Å². The number of nitrogens with zero attached hydrogens (tertiary/aromatic N) is 2. The fraction of sp³-hybridized carbons (Fsp3) is 0.440. The third-order valence-corrected chi connectivity index (χ3v) is 5.60. The first kappa shape index (κ1) is 23.0. The van der Waals surface area contributed by atoms with E-state index >= 15 is 0 Å². The van der Waals surface area contributed by atoms with Crippen molar-refractivity contribution in [2.45, 2.75) is 52.2 Å². The molecule has 2 aromatic rings. The highest BCUT2D eigenvalue weighted by atomic mass is 16.5. The van der Waals surface area contributed by atoms with E-state index in [4.69, 9.17) is 9.47 Å². The number of piperazine rings is 1. The van der Waals surface area contributed by atoms with Crippen molar-refractivity contribution >= 4 is 11.8 Å². The average Bonchev–Trinajstić information content (AvgIpc) is 2.81. The number of hydrogen-bond acceptors (Lipinski definition) is 4. The maximum absolute atomic E-state index is 12.9. The van der Waals surface area contributed by atoms with E-state index < -0.39 is 12.2 Å². The fourth-order valence-electron chi connectivity index (χ4n) is 3.71. The van der Waals surface area contributed by atoms with Gasteiger partial charge in [-0.25, -0.2) is 0 Å². The van der Waals surface area contributed by atoms with Crippen molar-refractivity contribution < 1.29 is 19.1 Å². The summed E-state index contributed by atoms with van der Waals surface area (Å²) in [7, 11) is 0. The SMILES string of the molecule is CC(OCc1ccccc1)C(=O)N1CCN(C(=O)C(C)OCc2ccccc2)[C@@H](C)C1. The van der Waals surface area contributed by atoms with E-state index in [0.717, 1.165) is 11.1 Å². The summed E-state index contributed by atoms with van der Waals surface area (Å²) >= 11 is 0. The highest BCUT2D eigenvalue weighted by Gasteiger charge is 2.33. The van der Waals surface area contributed by atoms with E-state index in [-0.39, 0.29) is 17.9 Å². The molecule has 166 valence electrons. The number of carbonyl (C=O) groups excluding carboxylic acids is 2. The number of amides is 2. The predicted molar refractivity (Wildman–Crippen MR) is 119 cm³/mol. The molecule has 1 aliphatic heterocycles. The van der Waals surface area contributed by atoms with Gasteiger partial charge in [0.2, 0.25) is 0 Å². The number of rotatable bonds is 8. The number of carbonyl (C=O) groups is 2. The van der Waals surface area contributed by atoms with Gasteiger partial charge < -0.3 is 19.3 Å². The van der Waals surface area contributed by atoms with Gasteiger partial charge in [0.15, 0.2) is 0 Å². The first-order valence-electron chi connectivity index (χ1n) is 10.9. The van der Waals surface area contributed by atoms with Crippen LogP contribution in [0.5, 0.6) is 0 Å². The van der Waals surface area contributed by atoms with Gasteiger partial charge in [-0.05, 0) is 31.9 Å². The summed E-state index contributed by atoms with van der Waals surface area (Å²) in [6.07, 6.45) is -1.05. The van der Waals surface area contributed by atoms with Crippen molar-refractivity contribution in [2.75, 3.05) is 19.6 Å². The Morgan fingerprint density at radius 2 is 1.32 bits per heavy atom. The van der Waals surface area contributed by atoms with E-state index in [1.807, 2.05) is 72.5 Å². The van der Waals surface area contributed by atoms with Crippen LogP contribution < -0.4 is 0 Å². The second kappa shape index (κ2) is 11.1. The fourth-order valence-corrected chi connectivity index (χ4v) is 3.71. The van der Waals surface area contributed by atoms with Gasteiger partial charge in [0.25, 0.3) is 11.8 Å². The van der Waals surface area contributed by atoms with Crippen molar-refractivity contribution in [2.24, 2.45) is 0 Å². The van der Waals surface area contributed by atoms with Gasteiger partial charge in [0.05, 0.1) is 13.2 Å². The zero-order chi connectivity index (χ0) is 22.2. The molecule has 0 spiro atoms. The van der Waals surface area contributed by atoms with Gasteiger partial charge in [-0.3, -0.25) is 9.59 Å². The van der Waals surface area contributed by atoms with Gasteiger partial charge in [-0.15, -0.1) is 0 Å². The van der Waals surface area contributed by atoms with Gasteiger partial charge in [-0.2, -0.15) is 0 Å². The van der Waals surface area contributed by atoms with E-state index in [1.54, 1.807) is 18.7 Å². The van der Waals surface area contributed by atoms with Crippen LogP contribution in [0.2, 0.25) is 0 Å². The quantitative estimate of drug-likeness (QED) is 0.653. The summed E-state index contributed by atoms with van der Waals surface area (Å²) in [5.74, 6) is -0.0767. The minimum absolute atomic E-state index is 0.0380. The second-order valence-corrected chi connectivity index (χ2v) is 8.04. The highest BCUT2D eigenvalue weighted by molar-refractivity contribution is 5.83. The van der Waals surface area contributed by atoms with Crippen LogP contribution in [-0.2, 0) is 32.3 Å². The Hall–Kier alpha value is -2.70. The summed E-state index contributed by atoms with van der Waals surface area (Å²) in [5, 5.41) is 0. The molecule has 0 radical (unpaired) electrons. The Bertz CT molecular complexity index is 843. The molecule has 1 heterocycles. The first-order chi connectivity index (χ1) is 15.0. The van der Waals surface area contributed by atoms with Crippen LogP contribution in [0.15, 0.2) is 60.7 Å². The molecule has 3 atom stereocenters. The largest absolute Gasteiger partial charge is 0.364 e. The van der Waals surface area contributed by atoms with Crippen LogP contribution >= 0.6 is 0 Å². The monoisotopic (exact) mass is 424 g/mol. The molecule has 0 aliphatic carbocycles. The highest BCUT2D eigenvalue weighted by Crippen LogP contribution is 2.15. The van der Waals surface area contributed by atoms with Crippen LogP contribution in [0, 0.1) is 0 Å². The van der Waals surface area contributed by atoms with Crippen molar-refractivity contribution in [3.63, 3.8) is 0 Å². The van der Waals surface area contributed by atoms with Crippen LogP contribution in [-0.4, -0.2) is 59.5 Å². The van der Waals surface area contributed by atoms with Crippen LogP contribution in [0.1, 0.15) is 31.9 Å². The molecule has 6 nitrogen and oxygen atoms in total. The summed E-state index contributed by atoms with van der Waals surface area (Å²) in [4.78, 5) is 29.3. The Morgan fingerprint density at radius 1 is 0.839 bits per heavy atom. The topological polar surface area (TPSA) is 59.1 Å². The molecule has 2 aromatic carbocycles. The zero-order valence-corrected chi connectivity index (χ0v) is 18.6. The molecular weight excluding hydrogens is 392 g/mol. The molecule has 2 amide bonds. The smallest absolute Gasteiger partial charge is 0.251 e. The summed E-state index contributed by atoms with van der Waals surface area (Å²) < 4.78 is 11.6. The third kappa shape index (κ3) is 6.39. The van der Waals surface area contributed by atoms with Gasteiger partial charge in [0, 0.05) is 25.7 Å². The Kier molecular flexibility index (Phi) is 8.20. The molecule has 6 heteroatoms. The van der Waals surface area contributed by atoms with E-state index in [9.17, 15) is 9.59 Å². The van der Waals surface area contributed by atoms with E-state index in [1.165, 1.54) is 0 Å². The minimum Gasteiger partial charge on any atom is -0.364 e. The van der Waals surface area contributed by atoms with Crippen molar-refractivity contribution in [3.05, 3.63) is 71.8 Å². The zero-order valence-electron chi connectivity index (χ0n) is 18.6. The molecule has 3 rings (SSSR count).